The molecule has 7 nitrogen and oxygen atoms in total. The number of anilines is 1. The van der Waals surface area contributed by atoms with Gasteiger partial charge in [0.05, 0.1) is 5.56 Å². The highest BCUT2D eigenvalue weighted by Gasteiger charge is 2.30. The zero-order valence-electron chi connectivity index (χ0n) is 19.1. The molecule has 0 unspecified atom stereocenters. The summed E-state index contributed by atoms with van der Waals surface area (Å²) in [6.07, 6.45) is -5.69. The molecule has 0 spiro atoms. The Bertz CT molecular complexity index is 971. The number of nitrogens with one attached hydrogen (secondary N) is 2. The van der Waals surface area contributed by atoms with Crippen LogP contribution in [0, 0.1) is 0 Å². The number of rotatable bonds is 8. The van der Waals surface area contributed by atoms with Crippen LogP contribution >= 0.6 is 0 Å². The van der Waals surface area contributed by atoms with E-state index in [0.29, 0.717) is 0 Å². The Kier molecular flexibility index (Phi) is 9.05. The summed E-state index contributed by atoms with van der Waals surface area (Å²) in [5.74, 6) is -1.29. The van der Waals surface area contributed by atoms with Crippen molar-refractivity contribution in [2.75, 3.05) is 5.32 Å². The van der Waals surface area contributed by atoms with Crippen molar-refractivity contribution in [2.45, 2.75) is 58.0 Å². The summed E-state index contributed by atoms with van der Waals surface area (Å²) >= 11 is 0. The first kappa shape index (κ1) is 26.7. The molecule has 10 heteroatoms. The highest BCUT2D eigenvalue weighted by Crippen LogP contribution is 2.29. The summed E-state index contributed by atoms with van der Waals surface area (Å²) in [7, 11) is 0. The van der Waals surface area contributed by atoms with Gasteiger partial charge in [-0.05, 0) is 57.0 Å². The van der Waals surface area contributed by atoms with Crippen molar-refractivity contribution >= 4 is 23.7 Å². The molecular weight excluding hydrogens is 453 g/mol. The Morgan fingerprint density at radius 1 is 0.941 bits per heavy atom. The number of amides is 2. The second kappa shape index (κ2) is 11.5. The third-order valence-corrected chi connectivity index (χ3v) is 4.36. The Balaban J connectivity index is 2.04. The molecule has 0 aliphatic rings. The van der Waals surface area contributed by atoms with Gasteiger partial charge in [-0.2, -0.15) is 13.2 Å². The fraction of sp³-hybridized carbons (Fsp3) is 0.375. The summed E-state index contributed by atoms with van der Waals surface area (Å²) in [6.45, 7) is 5.04. The summed E-state index contributed by atoms with van der Waals surface area (Å²) in [6, 6.07) is 11.5. The number of alkyl carbamates (subject to hydrolysis) is 1. The van der Waals surface area contributed by atoms with E-state index in [-0.39, 0.29) is 25.1 Å². The molecule has 34 heavy (non-hydrogen) atoms. The normalized spacial score (nSPS) is 12.4. The lowest BCUT2D eigenvalue weighted by Crippen LogP contribution is -2.44. The maximum atomic E-state index is 12.7. The van der Waals surface area contributed by atoms with Gasteiger partial charge in [-0.25, -0.2) is 4.79 Å². The van der Waals surface area contributed by atoms with Crippen molar-refractivity contribution in [1.82, 2.24) is 5.32 Å². The summed E-state index contributed by atoms with van der Waals surface area (Å²) < 4.78 is 48.6. The van der Waals surface area contributed by atoms with Crippen LogP contribution in [0.4, 0.5) is 23.7 Å². The molecule has 1 atom stereocenters. The average molecular weight is 480 g/mol. The van der Waals surface area contributed by atoms with E-state index in [1.165, 1.54) is 0 Å². The number of halogens is 3. The van der Waals surface area contributed by atoms with E-state index in [2.05, 4.69) is 10.6 Å². The van der Waals surface area contributed by atoms with E-state index in [4.69, 9.17) is 9.47 Å². The number of hydrogen-bond acceptors (Lipinski definition) is 5. The monoisotopic (exact) mass is 480 g/mol. The molecule has 2 N–H and O–H groups in total. The Hall–Kier alpha value is -3.56. The fourth-order valence-corrected chi connectivity index (χ4v) is 2.80. The van der Waals surface area contributed by atoms with Crippen LogP contribution in [0.25, 0.3) is 0 Å². The third-order valence-electron chi connectivity index (χ3n) is 4.36. The van der Waals surface area contributed by atoms with Gasteiger partial charge in [0.15, 0.2) is 0 Å². The molecule has 0 aliphatic carbocycles. The molecule has 2 rings (SSSR count). The number of benzene rings is 2. The quantitative estimate of drug-likeness (QED) is 0.515. The van der Waals surface area contributed by atoms with Gasteiger partial charge in [0, 0.05) is 12.1 Å². The predicted molar refractivity (Wildman–Crippen MR) is 119 cm³/mol. The lowest BCUT2D eigenvalue weighted by molar-refractivity contribution is -0.155. The zero-order valence-corrected chi connectivity index (χ0v) is 19.1. The van der Waals surface area contributed by atoms with Crippen LogP contribution in [0.15, 0.2) is 54.6 Å². The number of hydrogen-bond donors (Lipinski definition) is 2. The maximum absolute atomic E-state index is 12.7. The number of carbonyl (C=O) groups is 3. The van der Waals surface area contributed by atoms with Gasteiger partial charge < -0.3 is 20.1 Å². The van der Waals surface area contributed by atoms with Crippen LogP contribution in [0.5, 0.6) is 0 Å². The molecule has 2 amide bonds. The highest BCUT2D eigenvalue weighted by atomic mass is 19.4. The SMILES string of the molecule is CC(C)(C)OC(=O)CC[C@H](NC(=O)OCc1ccccc1)C(=O)Nc1ccc(C(F)(F)F)cc1. The third kappa shape index (κ3) is 9.51. The molecule has 0 fully saturated rings. The number of esters is 1. The van der Waals surface area contributed by atoms with Gasteiger partial charge in [-0.3, -0.25) is 9.59 Å². The molecule has 0 heterocycles. The zero-order chi connectivity index (χ0) is 25.4. The highest BCUT2D eigenvalue weighted by molar-refractivity contribution is 5.96. The van der Waals surface area contributed by atoms with Crippen LogP contribution in [-0.4, -0.2) is 29.6 Å². The van der Waals surface area contributed by atoms with E-state index < -0.39 is 41.4 Å². The van der Waals surface area contributed by atoms with Gasteiger partial charge in [0.2, 0.25) is 5.91 Å². The number of carbonyl (C=O) groups excluding carboxylic acids is 3. The smallest absolute Gasteiger partial charge is 0.416 e. The minimum Gasteiger partial charge on any atom is -0.460 e. The van der Waals surface area contributed by atoms with E-state index >= 15 is 0 Å². The van der Waals surface area contributed by atoms with Crippen LogP contribution < -0.4 is 10.6 Å². The Morgan fingerprint density at radius 2 is 1.56 bits per heavy atom. The van der Waals surface area contributed by atoms with Crippen LogP contribution in [0.1, 0.15) is 44.7 Å². The average Bonchev–Trinajstić information content (AvgIpc) is 2.74. The molecule has 2 aromatic rings. The maximum Gasteiger partial charge on any atom is 0.416 e. The molecule has 0 aliphatic heterocycles. The lowest BCUT2D eigenvalue weighted by Gasteiger charge is -2.21. The first-order chi connectivity index (χ1) is 15.8. The number of alkyl halides is 3. The lowest BCUT2D eigenvalue weighted by atomic mass is 10.1. The molecule has 0 aromatic heterocycles. The summed E-state index contributed by atoms with van der Waals surface area (Å²) in [5, 5.41) is 4.84. The van der Waals surface area contributed by atoms with Gasteiger partial charge in [0.25, 0.3) is 0 Å². The van der Waals surface area contributed by atoms with Crippen LogP contribution in [-0.2, 0) is 31.8 Å². The molecule has 0 bridgehead atoms. The number of ether oxygens (including phenoxy) is 2. The Morgan fingerprint density at radius 3 is 2.12 bits per heavy atom. The second-order valence-corrected chi connectivity index (χ2v) is 8.45. The predicted octanol–water partition coefficient (Wildman–Crippen LogP) is 5.06. The van der Waals surface area contributed by atoms with E-state index in [0.717, 1.165) is 29.8 Å². The minimum absolute atomic E-state index is 0.0357. The molecule has 0 radical (unpaired) electrons. The van der Waals surface area contributed by atoms with Gasteiger partial charge >= 0.3 is 18.2 Å². The van der Waals surface area contributed by atoms with Crippen molar-refractivity contribution < 1.29 is 37.0 Å². The van der Waals surface area contributed by atoms with Crippen molar-refractivity contribution in [2.24, 2.45) is 0 Å². The van der Waals surface area contributed by atoms with Crippen LogP contribution in [0.3, 0.4) is 0 Å². The standard InChI is InChI=1S/C24H27F3N2O5/c1-23(2,3)34-20(30)14-13-19(29-22(32)33-15-16-7-5-4-6-8-16)21(31)28-18-11-9-17(10-12-18)24(25,26)27/h4-12,19H,13-15H2,1-3H3,(H,28,31)(H,29,32)/t19-/m0/s1. The van der Waals surface area contributed by atoms with E-state index in [1.54, 1.807) is 45.0 Å². The van der Waals surface area contributed by atoms with Crippen molar-refractivity contribution in [3.63, 3.8) is 0 Å². The fourth-order valence-electron chi connectivity index (χ4n) is 2.80. The summed E-state index contributed by atoms with van der Waals surface area (Å²) in [4.78, 5) is 37.1. The molecular formula is C24H27F3N2O5. The van der Waals surface area contributed by atoms with Gasteiger partial charge in [-0.15, -0.1) is 0 Å². The first-order valence-electron chi connectivity index (χ1n) is 10.5. The molecule has 0 saturated carbocycles. The van der Waals surface area contributed by atoms with Crippen molar-refractivity contribution in [3.8, 4) is 0 Å². The minimum atomic E-state index is -4.51. The first-order valence-corrected chi connectivity index (χ1v) is 10.5. The second-order valence-electron chi connectivity index (χ2n) is 8.45. The molecule has 184 valence electrons. The van der Waals surface area contributed by atoms with Crippen LogP contribution in [0.2, 0.25) is 0 Å². The summed E-state index contributed by atoms with van der Waals surface area (Å²) in [5.41, 5.74) is -0.761. The van der Waals surface area contributed by atoms with E-state index in [1.807, 2.05) is 6.07 Å². The largest absolute Gasteiger partial charge is 0.460 e. The Labute approximate surface area is 195 Å². The topological polar surface area (TPSA) is 93.7 Å². The van der Waals surface area contributed by atoms with Gasteiger partial charge in [-0.1, -0.05) is 30.3 Å². The molecule has 2 aromatic carbocycles. The van der Waals surface area contributed by atoms with E-state index in [9.17, 15) is 27.6 Å². The van der Waals surface area contributed by atoms with Gasteiger partial charge in [0.1, 0.15) is 18.2 Å². The van der Waals surface area contributed by atoms with Crippen molar-refractivity contribution in [3.05, 3.63) is 65.7 Å². The molecule has 0 saturated heterocycles. The van der Waals surface area contributed by atoms with Crippen molar-refractivity contribution in [1.29, 1.82) is 0 Å².